The van der Waals surface area contributed by atoms with Crippen LogP contribution in [0.1, 0.15) is 50.8 Å². The van der Waals surface area contributed by atoms with E-state index < -0.39 is 5.60 Å². The van der Waals surface area contributed by atoms with Gasteiger partial charge in [0.25, 0.3) is 5.56 Å². The van der Waals surface area contributed by atoms with Crippen molar-refractivity contribution in [1.82, 2.24) is 29.2 Å². The Bertz CT molecular complexity index is 1700. The number of anilines is 3. The van der Waals surface area contributed by atoms with E-state index in [9.17, 15) is 9.90 Å². The predicted octanol–water partition coefficient (Wildman–Crippen LogP) is 4.75. The lowest BCUT2D eigenvalue weighted by Gasteiger charge is -2.47. The maximum Gasteiger partial charge on any atom is 0.278 e. The second-order valence-electron chi connectivity index (χ2n) is 12.8. The zero-order valence-electron chi connectivity index (χ0n) is 25.7. The van der Waals surface area contributed by atoms with Crippen molar-refractivity contribution < 1.29 is 5.11 Å². The number of fused-ring (bicyclic) bond motifs is 1. The van der Waals surface area contributed by atoms with Crippen LogP contribution in [-0.2, 0) is 12.1 Å². The highest BCUT2D eigenvalue weighted by molar-refractivity contribution is 5.77. The SMILES string of the molecule is C=CCn1c(=O)c2cnc(Nc3ccc(N4CCC5(CCN(C)CC5)CC4)c(C)c3)nc2n1-c1cccc(C(C)(C)O)n1. The van der Waals surface area contributed by atoms with Crippen molar-refractivity contribution in [3.8, 4) is 5.82 Å². The molecular formula is C33H42N8O2. The Morgan fingerprint density at radius 2 is 1.79 bits per heavy atom. The van der Waals surface area contributed by atoms with Crippen LogP contribution in [0.15, 0.2) is 60.0 Å². The van der Waals surface area contributed by atoms with Gasteiger partial charge in [-0.15, -0.1) is 6.58 Å². The molecule has 10 heteroatoms. The number of nitrogens with one attached hydrogen (secondary N) is 1. The van der Waals surface area contributed by atoms with Gasteiger partial charge in [-0.3, -0.25) is 4.79 Å². The first-order chi connectivity index (χ1) is 20.6. The highest BCUT2D eigenvalue weighted by Crippen LogP contribution is 2.42. The van der Waals surface area contributed by atoms with Gasteiger partial charge < -0.3 is 20.2 Å². The van der Waals surface area contributed by atoms with Crippen molar-refractivity contribution in [2.75, 3.05) is 43.4 Å². The molecule has 0 radical (unpaired) electrons. The summed E-state index contributed by atoms with van der Waals surface area (Å²) in [7, 11) is 2.23. The fourth-order valence-electron chi connectivity index (χ4n) is 6.52. The van der Waals surface area contributed by atoms with Gasteiger partial charge in [-0.25, -0.2) is 19.3 Å². The number of nitrogens with zero attached hydrogens (tertiary/aromatic N) is 7. The van der Waals surface area contributed by atoms with E-state index in [0.717, 1.165) is 18.8 Å². The first kappa shape index (κ1) is 29.1. The number of likely N-dealkylation sites (tertiary alicyclic amines) is 1. The molecule has 43 heavy (non-hydrogen) atoms. The summed E-state index contributed by atoms with van der Waals surface area (Å²) in [6.07, 6.45) is 8.36. The highest BCUT2D eigenvalue weighted by Gasteiger charge is 2.37. The minimum Gasteiger partial charge on any atom is -0.384 e. The number of aliphatic hydroxyl groups is 1. The van der Waals surface area contributed by atoms with Crippen LogP contribution in [0.25, 0.3) is 16.9 Å². The molecule has 0 bridgehead atoms. The van der Waals surface area contributed by atoms with Gasteiger partial charge in [-0.05, 0) is 108 Å². The average Bonchev–Trinajstić information content (AvgIpc) is 3.26. The summed E-state index contributed by atoms with van der Waals surface area (Å²) in [6, 6.07) is 11.7. The predicted molar refractivity (Wildman–Crippen MR) is 171 cm³/mol. The maximum absolute atomic E-state index is 13.3. The number of aryl methyl sites for hydroxylation is 1. The monoisotopic (exact) mass is 582 g/mol. The van der Waals surface area contributed by atoms with Gasteiger partial charge in [0.2, 0.25) is 5.95 Å². The van der Waals surface area contributed by atoms with Crippen molar-refractivity contribution in [3.05, 3.63) is 76.9 Å². The molecule has 0 aliphatic carbocycles. The smallest absolute Gasteiger partial charge is 0.278 e. The second-order valence-corrected chi connectivity index (χ2v) is 12.8. The molecule has 5 heterocycles. The third-order valence-corrected chi connectivity index (χ3v) is 9.22. The zero-order valence-corrected chi connectivity index (χ0v) is 25.7. The molecule has 2 aliphatic rings. The van der Waals surface area contributed by atoms with Crippen LogP contribution in [0.2, 0.25) is 0 Å². The summed E-state index contributed by atoms with van der Waals surface area (Å²) in [5.74, 6) is 0.854. The van der Waals surface area contributed by atoms with Gasteiger partial charge in [0.05, 0.1) is 12.2 Å². The minimum absolute atomic E-state index is 0.235. The lowest BCUT2D eigenvalue weighted by molar-refractivity contribution is 0.0738. The molecule has 4 aromatic rings. The largest absolute Gasteiger partial charge is 0.384 e. The quantitative estimate of drug-likeness (QED) is 0.301. The van der Waals surface area contributed by atoms with Crippen molar-refractivity contribution in [2.24, 2.45) is 5.41 Å². The molecule has 0 saturated carbocycles. The molecule has 2 aliphatic heterocycles. The third-order valence-electron chi connectivity index (χ3n) is 9.22. The van der Waals surface area contributed by atoms with Crippen molar-refractivity contribution in [1.29, 1.82) is 0 Å². The Labute approximate surface area is 252 Å². The number of rotatable bonds is 7. The average molecular weight is 583 g/mol. The van der Waals surface area contributed by atoms with E-state index >= 15 is 0 Å². The number of pyridine rings is 1. The minimum atomic E-state index is -1.14. The topological polar surface area (TPSA) is 104 Å². The molecule has 1 spiro atoms. The van der Waals surface area contributed by atoms with E-state index in [-0.39, 0.29) is 12.1 Å². The Morgan fingerprint density at radius 3 is 2.47 bits per heavy atom. The van der Waals surface area contributed by atoms with E-state index in [4.69, 9.17) is 4.98 Å². The van der Waals surface area contributed by atoms with Gasteiger partial charge in [0.1, 0.15) is 11.0 Å². The first-order valence-corrected chi connectivity index (χ1v) is 15.2. The molecule has 2 fully saturated rings. The molecule has 2 saturated heterocycles. The van der Waals surface area contributed by atoms with E-state index in [1.165, 1.54) is 54.7 Å². The van der Waals surface area contributed by atoms with Crippen LogP contribution in [-0.4, -0.2) is 67.5 Å². The van der Waals surface area contributed by atoms with Crippen LogP contribution < -0.4 is 15.8 Å². The Hall–Kier alpha value is -4.02. The highest BCUT2D eigenvalue weighted by atomic mass is 16.3. The van der Waals surface area contributed by atoms with Gasteiger partial charge in [-0.1, -0.05) is 12.1 Å². The molecular weight excluding hydrogens is 540 g/mol. The first-order valence-electron chi connectivity index (χ1n) is 15.2. The zero-order chi connectivity index (χ0) is 30.4. The van der Waals surface area contributed by atoms with Crippen LogP contribution in [0, 0.1) is 12.3 Å². The number of aromatic nitrogens is 5. The standard InChI is InChI=1S/C33H42N8O2/c1-6-16-40-30(42)25-22-34-31(37-29(25)41(40)28-9-7-8-27(36-28)32(3,4)43)35-24-10-11-26(23(2)21-24)39-19-14-33(15-20-39)12-17-38(5)18-13-33/h6-11,21-22,43H,1,12-20H2,2-5H3,(H,34,35,37). The molecule has 6 rings (SSSR count). The Kier molecular flexibility index (Phi) is 7.60. The van der Waals surface area contributed by atoms with E-state index in [0.29, 0.717) is 33.9 Å². The summed E-state index contributed by atoms with van der Waals surface area (Å²) in [5, 5.41) is 14.3. The Balaban J connectivity index is 1.26. The summed E-state index contributed by atoms with van der Waals surface area (Å²) in [6.45, 7) is 14.2. The van der Waals surface area contributed by atoms with Crippen LogP contribution in [0.3, 0.4) is 0 Å². The summed E-state index contributed by atoms with van der Waals surface area (Å²) < 4.78 is 3.20. The molecule has 0 unspecified atom stereocenters. The van der Waals surface area contributed by atoms with Crippen molar-refractivity contribution >= 4 is 28.4 Å². The van der Waals surface area contributed by atoms with Gasteiger partial charge >= 0.3 is 0 Å². The van der Waals surface area contributed by atoms with Crippen LogP contribution in [0.5, 0.6) is 0 Å². The van der Waals surface area contributed by atoms with E-state index in [1.807, 2.05) is 6.07 Å². The van der Waals surface area contributed by atoms with Gasteiger partial charge in [0, 0.05) is 30.7 Å². The number of hydrogen-bond donors (Lipinski definition) is 2. The number of allylic oxidation sites excluding steroid dienone is 1. The number of benzene rings is 1. The molecule has 3 aromatic heterocycles. The third kappa shape index (κ3) is 5.69. The number of hydrogen-bond acceptors (Lipinski definition) is 8. The molecule has 0 amide bonds. The molecule has 226 valence electrons. The van der Waals surface area contributed by atoms with Crippen LogP contribution >= 0.6 is 0 Å². The molecule has 1 aromatic carbocycles. The fraction of sp³-hybridized carbons (Fsp3) is 0.455. The number of piperidine rings is 2. The van der Waals surface area contributed by atoms with Crippen molar-refractivity contribution in [2.45, 2.75) is 58.6 Å². The van der Waals surface area contributed by atoms with Crippen LogP contribution in [0.4, 0.5) is 17.3 Å². The molecule has 0 atom stereocenters. The normalized spacial score (nSPS) is 17.5. The van der Waals surface area contributed by atoms with E-state index in [1.54, 1.807) is 42.9 Å². The lowest BCUT2D eigenvalue weighted by Crippen LogP contribution is -2.46. The Morgan fingerprint density at radius 1 is 1.07 bits per heavy atom. The molecule has 2 N–H and O–H groups in total. The second kappa shape index (κ2) is 11.2. The summed E-state index contributed by atoms with van der Waals surface area (Å²) in [5.41, 5.74) is 3.41. The lowest BCUT2D eigenvalue weighted by atomic mass is 9.71. The van der Waals surface area contributed by atoms with Gasteiger partial charge in [0.15, 0.2) is 11.5 Å². The fourth-order valence-corrected chi connectivity index (χ4v) is 6.52. The summed E-state index contributed by atoms with van der Waals surface area (Å²) >= 11 is 0. The van der Waals surface area contributed by atoms with Crippen molar-refractivity contribution in [3.63, 3.8) is 0 Å². The van der Waals surface area contributed by atoms with E-state index in [2.05, 4.69) is 63.8 Å². The summed E-state index contributed by atoms with van der Waals surface area (Å²) in [4.78, 5) is 32.2. The van der Waals surface area contributed by atoms with Gasteiger partial charge in [-0.2, -0.15) is 4.98 Å². The maximum atomic E-state index is 13.3. The molecule has 10 nitrogen and oxygen atoms in total.